The number of nitrogens with zero attached hydrogens (tertiary/aromatic N) is 4. The number of aryl methyl sites for hydroxylation is 1. The molecule has 0 bridgehead atoms. The fraction of sp³-hybridized carbons (Fsp3) is 0.417. The van der Waals surface area contributed by atoms with Gasteiger partial charge in [-0.1, -0.05) is 11.3 Å². The summed E-state index contributed by atoms with van der Waals surface area (Å²) in [5, 5.41) is 4.02. The molecule has 5 rings (SSSR count). The van der Waals surface area contributed by atoms with Gasteiger partial charge in [0.1, 0.15) is 12.4 Å². The van der Waals surface area contributed by atoms with Crippen LogP contribution in [0.3, 0.4) is 0 Å². The number of nitrogens with one attached hydrogen (secondary N) is 1. The normalized spacial score (nSPS) is 20.9. The number of rotatable bonds is 9. The minimum absolute atomic E-state index is 0.196. The van der Waals surface area contributed by atoms with Crippen molar-refractivity contribution in [3.63, 3.8) is 0 Å². The Kier molecular flexibility index (Phi) is 7.47. The molecule has 3 aliphatic rings. The average molecular weight is 514 g/mol. The summed E-state index contributed by atoms with van der Waals surface area (Å²) in [4.78, 5) is 38.2. The van der Waals surface area contributed by atoms with Gasteiger partial charge in [-0.25, -0.2) is 9.98 Å². The second-order valence-corrected chi connectivity index (χ2v) is 10.6. The van der Waals surface area contributed by atoms with Crippen LogP contribution in [0.15, 0.2) is 34.3 Å². The molecule has 9 nitrogen and oxygen atoms in total. The molecule has 2 amide bonds. The summed E-state index contributed by atoms with van der Waals surface area (Å²) in [6, 6.07) is 6.03. The summed E-state index contributed by atoms with van der Waals surface area (Å²) in [7, 11) is 0. The van der Waals surface area contributed by atoms with Gasteiger partial charge in [-0.05, 0) is 61.4 Å². The molecule has 1 aromatic carbocycles. The highest BCUT2D eigenvalue weighted by molar-refractivity contribution is 8.18. The molecule has 184 valence electrons. The van der Waals surface area contributed by atoms with E-state index >= 15 is 0 Å². The molecule has 1 aromatic heterocycles. The molecule has 2 aromatic rings. The van der Waals surface area contributed by atoms with Gasteiger partial charge in [-0.15, -0.1) is 0 Å². The van der Waals surface area contributed by atoms with Crippen LogP contribution in [0.4, 0.5) is 10.8 Å². The maximum atomic E-state index is 12.5. The zero-order valence-electron chi connectivity index (χ0n) is 19.4. The van der Waals surface area contributed by atoms with Crippen molar-refractivity contribution in [1.82, 2.24) is 15.2 Å². The summed E-state index contributed by atoms with van der Waals surface area (Å²) in [6.07, 6.45) is 6.33. The van der Waals surface area contributed by atoms with E-state index in [9.17, 15) is 9.59 Å². The zero-order valence-corrected chi connectivity index (χ0v) is 21.1. The number of carbonyl (C=O) groups is 2. The van der Waals surface area contributed by atoms with E-state index in [1.807, 2.05) is 25.1 Å². The first-order valence-electron chi connectivity index (χ1n) is 11.6. The van der Waals surface area contributed by atoms with E-state index in [4.69, 9.17) is 9.47 Å². The first-order chi connectivity index (χ1) is 17.1. The molecule has 0 spiro atoms. The largest absolute Gasteiger partial charge is 0.492 e. The highest BCUT2D eigenvalue weighted by atomic mass is 32.2. The van der Waals surface area contributed by atoms with Gasteiger partial charge >= 0.3 is 0 Å². The number of aliphatic imine (C=N–C) groups is 1. The van der Waals surface area contributed by atoms with Crippen molar-refractivity contribution in [2.24, 2.45) is 4.99 Å². The van der Waals surface area contributed by atoms with Crippen molar-refractivity contribution in [3.05, 3.63) is 39.7 Å². The van der Waals surface area contributed by atoms with E-state index in [1.54, 1.807) is 17.2 Å². The molecule has 0 radical (unpaired) electrons. The summed E-state index contributed by atoms with van der Waals surface area (Å²) in [5.74, 6) is 0.610. The number of carbonyl (C=O) groups excluding carboxylic acids is 2. The van der Waals surface area contributed by atoms with Crippen LogP contribution >= 0.6 is 23.1 Å². The number of ether oxygens (including phenoxy) is 2. The number of anilines is 1. The Bertz CT molecular complexity index is 1150. The van der Waals surface area contributed by atoms with Crippen LogP contribution < -0.4 is 15.0 Å². The lowest BCUT2D eigenvalue weighted by atomic mass is 10.2. The average Bonchev–Trinajstić information content (AvgIpc) is 3.49. The summed E-state index contributed by atoms with van der Waals surface area (Å²) in [5.41, 5.74) is 1.75. The Labute approximate surface area is 212 Å². The molecule has 3 fully saturated rings. The van der Waals surface area contributed by atoms with Crippen LogP contribution in [-0.2, 0) is 14.3 Å². The molecule has 11 heteroatoms. The van der Waals surface area contributed by atoms with Crippen molar-refractivity contribution in [3.8, 4) is 5.75 Å². The Morgan fingerprint density at radius 1 is 1.34 bits per heavy atom. The van der Waals surface area contributed by atoms with E-state index in [0.717, 1.165) is 74.0 Å². The monoisotopic (exact) mass is 513 g/mol. The number of hydrogen-bond acceptors (Lipinski definition) is 9. The Balaban J connectivity index is 1.20. The Morgan fingerprint density at radius 3 is 2.91 bits per heavy atom. The first-order valence-corrected chi connectivity index (χ1v) is 13.2. The van der Waals surface area contributed by atoms with Crippen LogP contribution in [0.2, 0.25) is 0 Å². The summed E-state index contributed by atoms with van der Waals surface area (Å²) < 4.78 is 11.3. The van der Waals surface area contributed by atoms with Crippen molar-refractivity contribution in [1.29, 1.82) is 0 Å². The number of thioether (sulfide) groups is 1. The lowest BCUT2D eigenvalue weighted by Crippen LogP contribution is -2.38. The number of hydrogen-bond donors (Lipinski definition) is 1. The minimum atomic E-state index is -0.196. The van der Waals surface area contributed by atoms with E-state index < -0.39 is 0 Å². The molecule has 3 heterocycles. The van der Waals surface area contributed by atoms with Gasteiger partial charge in [0, 0.05) is 31.9 Å². The van der Waals surface area contributed by atoms with Gasteiger partial charge in [-0.3, -0.25) is 19.4 Å². The van der Waals surface area contributed by atoms with E-state index in [2.05, 4.69) is 20.2 Å². The molecule has 1 N–H and O–H groups in total. The van der Waals surface area contributed by atoms with E-state index in [1.165, 1.54) is 23.1 Å². The van der Waals surface area contributed by atoms with E-state index in [-0.39, 0.29) is 11.9 Å². The molecule has 35 heavy (non-hydrogen) atoms. The Morgan fingerprint density at radius 2 is 2.17 bits per heavy atom. The van der Waals surface area contributed by atoms with Crippen molar-refractivity contribution >= 4 is 57.5 Å². The second-order valence-electron chi connectivity index (χ2n) is 8.52. The number of thiazole rings is 1. The Hall–Kier alpha value is -2.73. The molecular formula is C24H27N5O4S2. The van der Waals surface area contributed by atoms with Crippen LogP contribution in [0, 0.1) is 6.92 Å². The minimum Gasteiger partial charge on any atom is -0.492 e. The maximum absolute atomic E-state index is 12.5. The molecule has 2 aliphatic heterocycles. The summed E-state index contributed by atoms with van der Waals surface area (Å²) >= 11 is 2.69. The van der Waals surface area contributed by atoms with Crippen LogP contribution in [0.1, 0.15) is 23.3 Å². The standard InChI is InChI=1S/C24H27N5O4S2/c1-16-12-18(33-11-8-28-6-9-32-10-7-28)4-5-20(16)26-23-27-22(31)21(35-23)13-19-14-25-24(34-19)29(15-30)17-2-3-17/h4-5,12-15,17H,2-3,6-11H2,1H3,(H,26,27,31)/b21-13-. The summed E-state index contributed by atoms with van der Waals surface area (Å²) in [6.45, 7) is 6.93. The van der Waals surface area contributed by atoms with Crippen LogP contribution in [-0.4, -0.2) is 72.9 Å². The lowest BCUT2D eigenvalue weighted by Gasteiger charge is -2.26. The van der Waals surface area contributed by atoms with Gasteiger partial charge in [0.05, 0.1) is 28.7 Å². The van der Waals surface area contributed by atoms with Gasteiger partial charge in [-0.2, -0.15) is 0 Å². The molecule has 1 saturated carbocycles. The SMILES string of the molecule is Cc1cc(OCCN2CCOCC2)ccc1/N=C1/NC(=O)/C(=C/c2cnc(N(C=O)C3CC3)s2)S1. The van der Waals surface area contributed by atoms with Crippen molar-refractivity contribution in [2.75, 3.05) is 44.4 Å². The van der Waals surface area contributed by atoms with Gasteiger partial charge < -0.3 is 14.8 Å². The molecular weight excluding hydrogens is 486 g/mol. The smallest absolute Gasteiger partial charge is 0.264 e. The van der Waals surface area contributed by atoms with Crippen molar-refractivity contribution < 1.29 is 19.1 Å². The molecule has 2 saturated heterocycles. The third-order valence-corrected chi connectivity index (χ3v) is 7.75. The fourth-order valence-corrected chi connectivity index (χ4v) is 5.58. The second kappa shape index (κ2) is 10.9. The number of benzene rings is 1. The fourth-order valence-electron chi connectivity index (χ4n) is 3.78. The first kappa shape index (κ1) is 24.0. The van der Waals surface area contributed by atoms with Crippen LogP contribution in [0.25, 0.3) is 6.08 Å². The number of amidine groups is 1. The van der Waals surface area contributed by atoms with Gasteiger partial charge in [0.2, 0.25) is 6.41 Å². The number of aromatic nitrogens is 1. The van der Waals surface area contributed by atoms with Crippen LogP contribution in [0.5, 0.6) is 5.75 Å². The lowest BCUT2D eigenvalue weighted by molar-refractivity contribution is -0.115. The highest BCUT2D eigenvalue weighted by Gasteiger charge is 2.31. The molecule has 0 unspecified atom stereocenters. The predicted octanol–water partition coefficient (Wildman–Crippen LogP) is 3.18. The quantitative estimate of drug-likeness (QED) is 0.406. The van der Waals surface area contributed by atoms with Gasteiger partial charge in [0.25, 0.3) is 5.91 Å². The van der Waals surface area contributed by atoms with Crippen molar-refractivity contribution in [2.45, 2.75) is 25.8 Å². The molecule has 0 atom stereocenters. The molecule has 1 aliphatic carbocycles. The van der Waals surface area contributed by atoms with Gasteiger partial charge in [0.15, 0.2) is 10.3 Å². The maximum Gasteiger partial charge on any atom is 0.264 e. The number of amides is 2. The highest BCUT2D eigenvalue weighted by Crippen LogP contribution is 2.35. The van der Waals surface area contributed by atoms with E-state index in [0.29, 0.717) is 21.8 Å². The topological polar surface area (TPSA) is 96.4 Å². The third kappa shape index (κ3) is 6.10. The number of morpholine rings is 1. The zero-order chi connectivity index (χ0) is 24.2. The third-order valence-electron chi connectivity index (χ3n) is 5.88. The predicted molar refractivity (Wildman–Crippen MR) is 138 cm³/mol.